The van der Waals surface area contributed by atoms with Gasteiger partial charge in [0.25, 0.3) is 0 Å². The lowest BCUT2D eigenvalue weighted by Crippen LogP contribution is -2.22. The summed E-state index contributed by atoms with van der Waals surface area (Å²) in [6.07, 6.45) is 0.479. The minimum absolute atomic E-state index is 0.212. The smallest absolute Gasteiger partial charge is 0.335 e. The number of esters is 1. The summed E-state index contributed by atoms with van der Waals surface area (Å²) in [5.74, 6) is 0.106. The number of ether oxygens (including phenoxy) is 3. The predicted molar refractivity (Wildman–Crippen MR) is 115 cm³/mol. The zero-order chi connectivity index (χ0) is 22.3. The molecule has 31 heavy (non-hydrogen) atoms. The highest BCUT2D eigenvalue weighted by Gasteiger charge is 2.40. The van der Waals surface area contributed by atoms with Crippen LogP contribution in [-0.2, 0) is 35.8 Å². The molecular weight excluding hydrogens is 468 g/mol. The molecule has 0 aromatic heterocycles. The summed E-state index contributed by atoms with van der Waals surface area (Å²) in [7, 11) is 3.08. The van der Waals surface area contributed by atoms with Crippen LogP contribution in [0.4, 0.5) is 0 Å². The second-order valence-corrected chi connectivity index (χ2v) is 8.34. The van der Waals surface area contributed by atoms with Gasteiger partial charge >= 0.3 is 5.97 Å². The summed E-state index contributed by atoms with van der Waals surface area (Å²) in [5, 5.41) is 30.1. The lowest BCUT2D eigenvalue weighted by Gasteiger charge is -2.31. The summed E-state index contributed by atoms with van der Waals surface area (Å²) in [4.78, 5) is 12.7. The second-order valence-electron chi connectivity index (χ2n) is 7.48. The first-order valence-corrected chi connectivity index (χ1v) is 10.6. The molecule has 8 heteroatoms. The Morgan fingerprint density at radius 1 is 1.06 bits per heavy atom. The second kappa shape index (κ2) is 8.63. The molecule has 0 fully saturated rings. The minimum Gasteiger partial charge on any atom is -0.493 e. The van der Waals surface area contributed by atoms with Crippen molar-refractivity contribution in [2.75, 3.05) is 20.8 Å². The Bertz CT molecular complexity index is 1090. The summed E-state index contributed by atoms with van der Waals surface area (Å²) in [6, 6.07) is 5.51. The molecule has 0 spiro atoms. The number of fused-ring (bicyclic) bond motifs is 1. The van der Waals surface area contributed by atoms with Crippen molar-refractivity contribution in [3.63, 3.8) is 0 Å². The van der Waals surface area contributed by atoms with Crippen molar-refractivity contribution in [1.82, 2.24) is 0 Å². The van der Waals surface area contributed by atoms with Gasteiger partial charge in [0, 0.05) is 5.92 Å². The van der Waals surface area contributed by atoms with E-state index in [1.165, 1.54) is 7.11 Å². The number of benzene rings is 2. The fourth-order valence-corrected chi connectivity index (χ4v) is 5.30. The molecule has 4 rings (SSSR count). The van der Waals surface area contributed by atoms with Crippen molar-refractivity contribution in [1.29, 1.82) is 0 Å². The Morgan fingerprint density at radius 2 is 1.81 bits per heavy atom. The fraction of sp³-hybridized carbons (Fsp3) is 0.348. The van der Waals surface area contributed by atoms with E-state index in [-0.39, 0.29) is 26.4 Å². The van der Waals surface area contributed by atoms with Gasteiger partial charge in [0.05, 0.1) is 44.1 Å². The van der Waals surface area contributed by atoms with E-state index >= 15 is 0 Å². The molecule has 0 saturated heterocycles. The van der Waals surface area contributed by atoms with Crippen LogP contribution in [0.2, 0.25) is 0 Å². The number of carbonyl (C=O) groups is 1. The molecule has 2 aromatic rings. The Balaban J connectivity index is 2.04. The van der Waals surface area contributed by atoms with Crippen LogP contribution >= 0.6 is 15.9 Å². The van der Waals surface area contributed by atoms with E-state index in [0.717, 1.165) is 22.3 Å². The quantitative estimate of drug-likeness (QED) is 0.534. The van der Waals surface area contributed by atoms with E-state index in [9.17, 15) is 20.1 Å². The lowest BCUT2D eigenvalue weighted by molar-refractivity contribution is -0.136. The third kappa shape index (κ3) is 3.43. The van der Waals surface area contributed by atoms with Gasteiger partial charge in [-0.2, -0.15) is 0 Å². The highest BCUT2D eigenvalue weighted by molar-refractivity contribution is 9.10. The van der Waals surface area contributed by atoms with Crippen LogP contribution in [0.5, 0.6) is 11.5 Å². The van der Waals surface area contributed by atoms with Crippen LogP contribution < -0.4 is 9.47 Å². The van der Waals surface area contributed by atoms with Gasteiger partial charge in [0.1, 0.15) is 6.61 Å². The summed E-state index contributed by atoms with van der Waals surface area (Å²) in [5.41, 5.74) is 5.37. The first kappa shape index (κ1) is 21.8. The van der Waals surface area contributed by atoms with E-state index in [1.807, 2.05) is 12.1 Å². The van der Waals surface area contributed by atoms with Gasteiger partial charge < -0.3 is 29.5 Å². The lowest BCUT2D eigenvalue weighted by atomic mass is 9.72. The van der Waals surface area contributed by atoms with Crippen molar-refractivity contribution in [2.24, 2.45) is 0 Å². The van der Waals surface area contributed by atoms with Crippen LogP contribution in [0.1, 0.15) is 39.3 Å². The molecule has 1 unspecified atom stereocenters. The Labute approximate surface area is 188 Å². The van der Waals surface area contributed by atoms with Gasteiger partial charge in [-0.1, -0.05) is 6.07 Å². The molecule has 1 atom stereocenters. The molecule has 0 radical (unpaired) electrons. The maximum Gasteiger partial charge on any atom is 0.335 e. The first-order chi connectivity index (χ1) is 15.0. The summed E-state index contributed by atoms with van der Waals surface area (Å²) in [6.45, 7) is -0.722. The monoisotopic (exact) mass is 490 g/mol. The number of carbonyl (C=O) groups excluding carboxylic acids is 1. The molecule has 1 aliphatic carbocycles. The van der Waals surface area contributed by atoms with Crippen molar-refractivity contribution in [2.45, 2.75) is 32.2 Å². The zero-order valence-corrected chi connectivity index (χ0v) is 18.8. The highest BCUT2D eigenvalue weighted by Crippen LogP contribution is 2.49. The van der Waals surface area contributed by atoms with Crippen molar-refractivity contribution < 1.29 is 34.3 Å². The van der Waals surface area contributed by atoms with E-state index in [1.54, 1.807) is 13.2 Å². The van der Waals surface area contributed by atoms with E-state index < -0.39 is 11.9 Å². The molecule has 1 aliphatic heterocycles. The largest absolute Gasteiger partial charge is 0.493 e. The molecule has 3 N–H and O–H groups in total. The first-order valence-electron chi connectivity index (χ1n) is 9.78. The standard InChI is InChI=1S/C23H23BrO7/c1-29-18-6-12(5-17(24)22(18)30-2)20-19-11(4-14-10-31-23(28)21(14)20)3-13(7-25)15(8-26)16(19)9-27/h3,5-6,20,25-27H,4,7-10H2,1-2H3. The third-order valence-corrected chi connectivity index (χ3v) is 6.60. The highest BCUT2D eigenvalue weighted by atomic mass is 79.9. The SMILES string of the molecule is COc1cc(C2C3=C(COC3=O)Cc3cc(CO)c(CO)c(CO)c32)cc(Br)c1OC. The number of aliphatic hydroxyl groups is 3. The number of methoxy groups -OCH3 is 2. The van der Waals surface area contributed by atoms with Crippen LogP contribution in [0.25, 0.3) is 0 Å². The number of cyclic esters (lactones) is 1. The average Bonchev–Trinajstić information content (AvgIpc) is 3.15. The zero-order valence-electron chi connectivity index (χ0n) is 17.2. The molecule has 2 aliphatic rings. The van der Waals surface area contributed by atoms with Crippen molar-refractivity contribution in [3.05, 3.63) is 67.2 Å². The molecule has 0 saturated carbocycles. The van der Waals surface area contributed by atoms with E-state index in [0.29, 0.717) is 44.7 Å². The van der Waals surface area contributed by atoms with E-state index in [2.05, 4.69) is 15.9 Å². The molecule has 2 aromatic carbocycles. The topological polar surface area (TPSA) is 105 Å². The maximum absolute atomic E-state index is 12.7. The van der Waals surface area contributed by atoms with Gasteiger partial charge in [-0.3, -0.25) is 0 Å². The Morgan fingerprint density at radius 3 is 2.42 bits per heavy atom. The molecule has 0 amide bonds. The Kier molecular flexibility index (Phi) is 6.07. The van der Waals surface area contributed by atoms with Gasteiger partial charge in [-0.25, -0.2) is 4.79 Å². The molecule has 0 bridgehead atoms. The number of hydrogen-bond acceptors (Lipinski definition) is 7. The third-order valence-electron chi connectivity index (χ3n) is 6.01. The van der Waals surface area contributed by atoms with Gasteiger partial charge in [-0.15, -0.1) is 0 Å². The minimum atomic E-state index is -0.523. The molecule has 1 heterocycles. The van der Waals surface area contributed by atoms with Gasteiger partial charge in [0.2, 0.25) is 0 Å². The predicted octanol–water partition coefficient (Wildman–Crippen LogP) is 2.48. The number of halogens is 1. The fourth-order valence-electron chi connectivity index (χ4n) is 4.68. The van der Waals surface area contributed by atoms with E-state index in [4.69, 9.17) is 14.2 Å². The van der Waals surface area contributed by atoms with Crippen LogP contribution in [-0.4, -0.2) is 42.1 Å². The molecule has 7 nitrogen and oxygen atoms in total. The number of hydrogen-bond donors (Lipinski definition) is 3. The number of rotatable bonds is 6. The van der Waals surface area contributed by atoms with Gasteiger partial charge in [-0.05, 0) is 73.4 Å². The summed E-state index contributed by atoms with van der Waals surface area (Å²) >= 11 is 3.52. The number of aliphatic hydroxyl groups excluding tert-OH is 3. The van der Waals surface area contributed by atoms with Crippen LogP contribution in [0, 0.1) is 0 Å². The van der Waals surface area contributed by atoms with Crippen LogP contribution in [0.15, 0.2) is 33.8 Å². The van der Waals surface area contributed by atoms with Crippen LogP contribution in [0.3, 0.4) is 0 Å². The normalized spacial score (nSPS) is 17.4. The average molecular weight is 491 g/mol. The molecular formula is C23H23BrO7. The molecule has 164 valence electrons. The maximum atomic E-state index is 12.7. The van der Waals surface area contributed by atoms with Crippen molar-refractivity contribution >= 4 is 21.9 Å². The summed E-state index contributed by atoms with van der Waals surface area (Å²) < 4.78 is 16.9. The van der Waals surface area contributed by atoms with Gasteiger partial charge in [0.15, 0.2) is 11.5 Å². The van der Waals surface area contributed by atoms with Crippen molar-refractivity contribution in [3.8, 4) is 11.5 Å². The Hall–Kier alpha value is -2.39.